The lowest BCUT2D eigenvalue weighted by molar-refractivity contribution is 0.0996. The second-order valence-corrected chi connectivity index (χ2v) is 7.41. The van der Waals surface area contributed by atoms with Gasteiger partial charge in [-0.1, -0.05) is 0 Å². The van der Waals surface area contributed by atoms with Gasteiger partial charge < -0.3 is 16.0 Å². The Bertz CT molecular complexity index is 1100. The molecule has 3 aromatic rings. The molecule has 0 unspecified atom stereocenters. The van der Waals surface area contributed by atoms with Crippen LogP contribution in [0.5, 0.6) is 0 Å². The lowest BCUT2D eigenvalue weighted by atomic mass is 10.1. The van der Waals surface area contributed by atoms with E-state index in [1.54, 1.807) is 22.8 Å². The summed E-state index contributed by atoms with van der Waals surface area (Å²) in [6.45, 7) is 5.55. The molecule has 0 radical (unpaired) electrons. The average molecular weight is 392 g/mol. The van der Waals surface area contributed by atoms with Crippen LogP contribution in [0.25, 0.3) is 5.65 Å². The van der Waals surface area contributed by atoms with Crippen molar-refractivity contribution >= 4 is 28.8 Å². The average Bonchev–Trinajstić information content (AvgIpc) is 3.10. The van der Waals surface area contributed by atoms with Gasteiger partial charge in [-0.25, -0.2) is 9.50 Å². The van der Waals surface area contributed by atoms with Crippen LogP contribution in [0.2, 0.25) is 0 Å². The predicted molar refractivity (Wildman–Crippen MR) is 111 cm³/mol. The van der Waals surface area contributed by atoms with E-state index in [4.69, 9.17) is 5.73 Å². The third-order valence-corrected chi connectivity index (χ3v) is 5.32. The Morgan fingerprint density at radius 2 is 1.86 bits per heavy atom. The lowest BCUT2D eigenvalue weighted by Gasteiger charge is -2.30. The number of carbonyl (C=O) groups excluding carboxylic acids is 2. The molecule has 8 heteroatoms. The number of hydrogen-bond acceptors (Lipinski definition) is 5. The number of carbonyl (C=O) groups is 2. The van der Waals surface area contributed by atoms with Crippen LogP contribution in [0.1, 0.15) is 51.4 Å². The first-order valence-electron chi connectivity index (χ1n) is 9.76. The first-order valence-corrected chi connectivity index (χ1v) is 9.76. The van der Waals surface area contributed by atoms with E-state index in [0.717, 1.165) is 37.3 Å². The minimum absolute atomic E-state index is 0.301. The van der Waals surface area contributed by atoms with Crippen molar-refractivity contribution < 1.29 is 9.59 Å². The third kappa shape index (κ3) is 3.65. The Morgan fingerprint density at radius 1 is 1.10 bits per heavy atom. The Balaban J connectivity index is 1.70. The SMILES string of the molecule is Cc1cc2ncc(C(=O)Nc3cc(C(N)=O)ccc3N3CCCCC3)c(C)n2n1. The number of aryl methyl sites for hydroxylation is 2. The van der Waals surface area contributed by atoms with Crippen molar-refractivity contribution in [2.75, 3.05) is 23.3 Å². The molecule has 0 saturated carbocycles. The Labute approximate surface area is 168 Å². The van der Waals surface area contributed by atoms with Gasteiger partial charge in [0.25, 0.3) is 5.91 Å². The highest BCUT2D eigenvalue weighted by Crippen LogP contribution is 2.30. The van der Waals surface area contributed by atoms with Crippen LogP contribution < -0.4 is 16.0 Å². The van der Waals surface area contributed by atoms with E-state index in [0.29, 0.717) is 28.2 Å². The topological polar surface area (TPSA) is 106 Å². The third-order valence-electron chi connectivity index (χ3n) is 5.32. The molecule has 1 saturated heterocycles. The van der Waals surface area contributed by atoms with Gasteiger partial charge in [0.05, 0.1) is 28.3 Å². The largest absolute Gasteiger partial charge is 0.370 e. The zero-order chi connectivity index (χ0) is 20.5. The lowest BCUT2D eigenvalue weighted by Crippen LogP contribution is -2.30. The molecule has 1 aliphatic heterocycles. The van der Waals surface area contributed by atoms with Crippen LogP contribution in [0.4, 0.5) is 11.4 Å². The molecule has 1 aromatic carbocycles. The second kappa shape index (κ2) is 7.54. The van der Waals surface area contributed by atoms with Crippen LogP contribution >= 0.6 is 0 Å². The van der Waals surface area contributed by atoms with Gasteiger partial charge in [0.15, 0.2) is 5.65 Å². The highest BCUT2D eigenvalue weighted by atomic mass is 16.2. The number of nitrogens with one attached hydrogen (secondary N) is 1. The number of hydrogen-bond donors (Lipinski definition) is 2. The number of nitrogens with zero attached hydrogens (tertiary/aromatic N) is 4. The molecule has 1 aliphatic rings. The van der Waals surface area contributed by atoms with Crippen LogP contribution in [0.15, 0.2) is 30.5 Å². The van der Waals surface area contributed by atoms with E-state index in [-0.39, 0.29) is 5.91 Å². The summed E-state index contributed by atoms with van der Waals surface area (Å²) in [5.41, 5.74) is 9.93. The molecule has 0 aliphatic carbocycles. The van der Waals surface area contributed by atoms with Gasteiger partial charge in [-0.15, -0.1) is 0 Å². The van der Waals surface area contributed by atoms with Crippen molar-refractivity contribution in [3.8, 4) is 0 Å². The number of aromatic nitrogens is 3. The van der Waals surface area contributed by atoms with E-state index in [1.807, 2.05) is 26.0 Å². The van der Waals surface area contributed by atoms with Gasteiger partial charge in [-0.2, -0.15) is 5.10 Å². The number of amides is 2. The summed E-state index contributed by atoms with van der Waals surface area (Å²) >= 11 is 0. The van der Waals surface area contributed by atoms with E-state index < -0.39 is 5.91 Å². The highest BCUT2D eigenvalue weighted by Gasteiger charge is 2.20. The van der Waals surface area contributed by atoms with E-state index in [2.05, 4.69) is 20.3 Å². The molecule has 3 heterocycles. The normalized spacial score (nSPS) is 14.2. The molecule has 0 bridgehead atoms. The molecule has 8 nitrogen and oxygen atoms in total. The zero-order valence-corrected chi connectivity index (χ0v) is 16.6. The predicted octanol–water partition coefficient (Wildman–Crippen LogP) is 2.69. The van der Waals surface area contributed by atoms with Crippen LogP contribution in [0.3, 0.4) is 0 Å². The summed E-state index contributed by atoms with van der Waals surface area (Å²) in [6.07, 6.45) is 4.96. The maximum absolute atomic E-state index is 13.1. The van der Waals surface area contributed by atoms with Crippen molar-refractivity contribution in [2.45, 2.75) is 33.1 Å². The number of piperidine rings is 1. The minimum Gasteiger partial charge on any atom is -0.370 e. The molecule has 0 spiro atoms. The summed E-state index contributed by atoms with van der Waals surface area (Å²) in [5, 5.41) is 7.36. The molecule has 1 fully saturated rings. The Morgan fingerprint density at radius 3 is 2.59 bits per heavy atom. The molecule has 2 aromatic heterocycles. The van der Waals surface area contributed by atoms with Crippen molar-refractivity contribution in [1.29, 1.82) is 0 Å². The molecule has 29 heavy (non-hydrogen) atoms. The molecular weight excluding hydrogens is 368 g/mol. The highest BCUT2D eigenvalue weighted by molar-refractivity contribution is 6.07. The summed E-state index contributed by atoms with van der Waals surface area (Å²) in [6, 6.07) is 7.06. The van der Waals surface area contributed by atoms with Crippen LogP contribution in [-0.2, 0) is 0 Å². The molecule has 0 atom stereocenters. The molecular formula is C21H24N6O2. The smallest absolute Gasteiger partial charge is 0.259 e. The first-order chi connectivity index (χ1) is 13.9. The standard InChI is InChI=1S/C21H24N6O2/c1-13-10-19-23-12-16(14(2)27(19)25-13)21(29)24-17-11-15(20(22)28)6-7-18(17)26-8-4-3-5-9-26/h6-7,10-12H,3-5,8-9H2,1-2H3,(H2,22,28)(H,24,29). The van der Waals surface area contributed by atoms with E-state index in [9.17, 15) is 9.59 Å². The Kier molecular flexibility index (Phi) is 4.92. The summed E-state index contributed by atoms with van der Waals surface area (Å²) in [7, 11) is 0. The fourth-order valence-electron chi connectivity index (χ4n) is 3.78. The van der Waals surface area contributed by atoms with Gasteiger partial charge in [0.2, 0.25) is 5.91 Å². The minimum atomic E-state index is -0.531. The number of nitrogens with two attached hydrogens (primary N) is 1. The maximum atomic E-state index is 13.1. The van der Waals surface area contributed by atoms with E-state index >= 15 is 0 Å². The maximum Gasteiger partial charge on any atom is 0.259 e. The second-order valence-electron chi connectivity index (χ2n) is 7.41. The van der Waals surface area contributed by atoms with Crippen molar-refractivity contribution in [2.24, 2.45) is 5.73 Å². The van der Waals surface area contributed by atoms with Crippen LogP contribution in [-0.4, -0.2) is 39.5 Å². The van der Waals surface area contributed by atoms with Crippen LogP contribution in [0, 0.1) is 13.8 Å². The number of fused-ring (bicyclic) bond motifs is 1. The summed E-state index contributed by atoms with van der Waals surface area (Å²) in [5.74, 6) is -0.832. The number of benzene rings is 1. The van der Waals surface area contributed by atoms with Gasteiger partial charge in [-0.3, -0.25) is 9.59 Å². The fourth-order valence-corrected chi connectivity index (χ4v) is 3.78. The van der Waals surface area contributed by atoms with Gasteiger partial charge in [0.1, 0.15) is 0 Å². The molecule has 3 N–H and O–H groups in total. The quantitative estimate of drug-likeness (QED) is 0.710. The van der Waals surface area contributed by atoms with Gasteiger partial charge in [-0.05, 0) is 51.3 Å². The summed E-state index contributed by atoms with van der Waals surface area (Å²) < 4.78 is 1.66. The molecule has 150 valence electrons. The molecule has 4 rings (SSSR count). The number of rotatable bonds is 4. The van der Waals surface area contributed by atoms with Crippen molar-refractivity contribution in [3.63, 3.8) is 0 Å². The monoisotopic (exact) mass is 392 g/mol. The van der Waals surface area contributed by atoms with Crippen molar-refractivity contribution in [1.82, 2.24) is 14.6 Å². The van der Waals surface area contributed by atoms with Gasteiger partial charge in [0, 0.05) is 30.9 Å². The Hall–Kier alpha value is -3.42. The molecule has 2 amide bonds. The number of primary amides is 1. The van der Waals surface area contributed by atoms with Gasteiger partial charge >= 0.3 is 0 Å². The first kappa shape index (κ1) is 18.9. The summed E-state index contributed by atoms with van der Waals surface area (Å²) in [4.78, 5) is 31.3. The number of anilines is 2. The fraction of sp³-hybridized carbons (Fsp3) is 0.333. The van der Waals surface area contributed by atoms with Crippen molar-refractivity contribution in [3.05, 3.63) is 53.0 Å². The van der Waals surface area contributed by atoms with E-state index in [1.165, 1.54) is 6.42 Å². The zero-order valence-electron chi connectivity index (χ0n) is 16.6.